The summed E-state index contributed by atoms with van der Waals surface area (Å²) in [5, 5.41) is 11.0. The number of fused-ring (bicyclic) bond motifs is 1. The van der Waals surface area contributed by atoms with E-state index in [4.69, 9.17) is 4.74 Å². The molecule has 1 aliphatic heterocycles. The molecule has 0 N–H and O–H groups in total. The van der Waals surface area contributed by atoms with E-state index in [1.54, 1.807) is 19.1 Å². The van der Waals surface area contributed by atoms with Crippen LogP contribution in [0.1, 0.15) is 34.7 Å². The Morgan fingerprint density at radius 3 is 2.67 bits per heavy atom. The number of rotatable bonds is 2. The maximum atomic E-state index is 11.0. The normalized spacial score (nSPS) is 15.8. The van der Waals surface area contributed by atoms with Crippen molar-refractivity contribution in [1.82, 2.24) is 0 Å². The summed E-state index contributed by atoms with van der Waals surface area (Å²) in [6.07, 6.45) is 1.72. The van der Waals surface area contributed by atoms with E-state index in [-0.39, 0.29) is 68.0 Å². The number of benzene rings is 2. The van der Waals surface area contributed by atoms with Crippen molar-refractivity contribution in [3.63, 3.8) is 0 Å². The number of nitrogens with zero attached hydrogens (tertiary/aromatic N) is 1. The van der Waals surface area contributed by atoms with Crippen LogP contribution in [0.25, 0.3) is 0 Å². The van der Waals surface area contributed by atoms with Crippen LogP contribution in [0.2, 0.25) is 0 Å². The van der Waals surface area contributed by atoms with Gasteiger partial charge in [0.05, 0.1) is 4.92 Å². The molecule has 0 bridgehead atoms. The summed E-state index contributed by atoms with van der Waals surface area (Å²) in [6, 6.07) is 12.4. The maximum absolute atomic E-state index is 11.0. The maximum Gasteiger partial charge on any atom is 0.257 e. The molecule has 24 heavy (non-hydrogen) atoms. The Bertz CT molecular complexity index is 751. The van der Waals surface area contributed by atoms with E-state index in [2.05, 4.69) is 12.1 Å². The molecule has 122 valence electrons. The van der Waals surface area contributed by atoms with Crippen molar-refractivity contribution >= 4 is 5.69 Å². The molecule has 0 spiro atoms. The van der Waals surface area contributed by atoms with Gasteiger partial charge in [-0.1, -0.05) is 18.1 Å². The van der Waals surface area contributed by atoms with Crippen LogP contribution < -0.4 is 0 Å². The molecule has 0 fully saturated rings. The van der Waals surface area contributed by atoms with Gasteiger partial charge < -0.3 is 4.74 Å². The van der Waals surface area contributed by atoms with E-state index in [0.717, 1.165) is 29.2 Å². The van der Waals surface area contributed by atoms with Crippen molar-refractivity contribution in [3.05, 3.63) is 80.4 Å². The van der Waals surface area contributed by atoms with Crippen LogP contribution in [-0.4, -0.2) is 11.0 Å². The number of ether oxygens (including phenoxy) is 1. The fourth-order valence-electron chi connectivity index (χ4n) is 2.85. The smallest absolute Gasteiger partial charge is 0.257 e. The number of aryl methyl sites for hydroxylation is 2. The molecule has 4 nitrogen and oxygen atoms in total. The molecule has 1 unspecified atom stereocenters. The summed E-state index contributed by atoms with van der Waals surface area (Å²) >= 11 is 0. The second-order valence-corrected chi connectivity index (χ2v) is 5.78. The molecule has 0 saturated heterocycles. The van der Waals surface area contributed by atoms with E-state index < -0.39 is 0 Å². The van der Waals surface area contributed by atoms with Gasteiger partial charge >= 0.3 is 0 Å². The van der Waals surface area contributed by atoms with Gasteiger partial charge in [0, 0.05) is 63.5 Å². The van der Waals surface area contributed by atoms with Gasteiger partial charge in [-0.25, -0.2) is 0 Å². The molecule has 1 aliphatic rings. The zero-order valence-corrected chi connectivity index (χ0v) is 18.1. The second kappa shape index (κ2) is 8.64. The third-order valence-corrected chi connectivity index (χ3v) is 3.91. The van der Waals surface area contributed by atoms with Gasteiger partial charge in [-0.2, -0.15) is 12.1 Å². The van der Waals surface area contributed by atoms with Crippen molar-refractivity contribution in [2.45, 2.75) is 33.3 Å². The van der Waals surface area contributed by atoms with Crippen LogP contribution in [0.15, 0.2) is 30.3 Å². The molecule has 0 aromatic heterocycles. The van der Waals surface area contributed by atoms with Gasteiger partial charge in [0.2, 0.25) is 0 Å². The molecule has 0 amide bonds. The van der Waals surface area contributed by atoms with Crippen molar-refractivity contribution in [1.29, 1.82) is 0 Å². The van der Waals surface area contributed by atoms with Crippen molar-refractivity contribution in [2.24, 2.45) is 0 Å². The van der Waals surface area contributed by atoms with Crippen LogP contribution in [-0.2, 0) is 62.4 Å². The molecule has 0 aliphatic carbocycles. The summed E-state index contributed by atoms with van der Waals surface area (Å²) in [6.45, 7) is 5.78. The van der Waals surface area contributed by atoms with E-state index in [0.29, 0.717) is 5.56 Å². The average molecular weight is 435 g/mol. The topological polar surface area (TPSA) is 52.4 Å². The zero-order chi connectivity index (χ0) is 15.9. The van der Waals surface area contributed by atoms with Crippen LogP contribution in [0.3, 0.4) is 0 Å². The van der Waals surface area contributed by atoms with Crippen LogP contribution >= 0.6 is 0 Å². The zero-order valence-electron chi connectivity index (χ0n) is 13.9. The fourth-order valence-corrected chi connectivity index (χ4v) is 2.85. The fraction of sp³-hybridized carbons (Fsp3) is 0.278. The van der Waals surface area contributed by atoms with Crippen LogP contribution in [0, 0.1) is 36.1 Å². The van der Waals surface area contributed by atoms with Gasteiger partial charge in [-0.3, -0.25) is 10.1 Å². The molecule has 3 rings (SSSR count). The average Bonchev–Trinajstić information content (AvgIpc) is 2.46. The van der Waals surface area contributed by atoms with Gasteiger partial charge in [-0.05, 0) is 31.9 Å². The molecule has 1 heterocycles. The summed E-state index contributed by atoms with van der Waals surface area (Å²) in [4.78, 5) is 10.6. The Balaban J connectivity index is 0.00000144. The summed E-state index contributed by atoms with van der Waals surface area (Å²) in [5.74, 6) is 0. The Kier molecular flexibility index (Phi) is 7.70. The first-order chi connectivity index (χ1) is 10.5. The number of nitro groups is 1. The molecular formula is C18H17NO3VY-2. The van der Waals surface area contributed by atoms with Crippen LogP contribution in [0.4, 0.5) is 5.69 Å². The number of hydrogen-bond donors (Lipinski definition) is 0. The Morgan fingerprint density at radius 1 is 1.33 bits per heavy atom. The summed E-state index contributed by atoms with van der Waals surface area (Å²) in [7, 11) is 0. The first kappa shape index (κ1) is 21.4. The third-order valence-electron chi connectivity index (χ3n) is 3.91. The predicted molar refractivity (Wildman–Crippen MR) is 83.5 cm³/mol. The first-order valence-corrected chi connectivity index (χ1v) is 7.26. The van der Waals surface area contributed by atoms with Gasteiger partial charge in [0.25, 0.3) is 5.69 Å². The molecule has 1 atom stereocenters. The summed E-state index contributed by atoms with van der Waals surface area (Å²) in [5.41, 5.74) is 4.95. The Morgan fingerprint density at radius 2 is 2.04 bits per heavy atom. The quantitative estimate of drug-likeness (QED) is 0.409. The molecular weight excluding hydrogens is 418 g/mol. The largest absolute Gasteiger partial charge is 0.380 e. The van der Waals surface area contributed by atoms with E-state index in [1.807, 2.05) is 26.0 Å². The van der Waals surface area contributed by atoms with Crippen molar-refractivity contribution in [3.8, 4) is 0 Å². The standard InChI is InChI=1S/C18H17NO3.V.Y/c1-11-4-5-14-10-13(3)22-18(16(14)8-11)15-6-7-17(19(20)21)12(2)9-15;;/h5-9,13H,10H2,1-3H3;;/q-2;;. The molecule has 2 radical (unpaired) electrons. The van der Waals surface area contributed by atoms with E-state index >= 15 is 0 Å². The number of hydrogen-bond acceptors (Lipinski definition) is 3. The van der Waals surface area contributed by atoms with E-state index in [9.17, 15) is 10.1 Å². The van der Waals surface area contributed by atoms with Gasteiger partial charge in [0.1, 0.15) is 0 Å². The number of nitro benzene ring substituents is 1. The molecule has 2 aromatic rings. The SMILES string of the molecule is Cc1[c-]cc2c(c1)[C-](c1ccc([N+](=O)[O-])c(C)c1)OC(C)C2.[V].[Y]. The summed E-state index contributed by atoms with van der Waals surface area (Å²) < 4.78 is 6.04. The van der Waals surface area contributed by atoms with Crippen molar-refractivity contribution in [2.75, 3.05) is 0 Å². The van der Waals surface area contributed by atoms with Gasteiger partial charge in [-0.15, -0.1) is 29.3 Å². The van der Waals surface area contributed by atoms with Gasteiger partial charge in [0.15, 0.2) is 0 Å². The monoisotopic (exact) mass is 435 g/mol. The molecule has 0 saturated carbocycles. The minimum absolute atomic E-state index is 0. The third kappa shape index (κ3) is 4.30. The predicted octanol–water partition coefficient (Wildman–Crippen LogP) is 3.90. The van der Waals surface area contributed by atoms with Crippen LogP contribution in [0.5, 0.6) is 0 Å². The Hall–Kier alpha value is -0.642. The minimum Gasteiger partial charge on any atom is -0.380 e. The molecule has 6 heteroatoms. The van der Waals surface area contributed by atoms with E-state index in [1.165, 1.54) is 5.56 Å². The molecule has 2 aromatic carbocycles. The second-order valence-electron chi connectivity index (χ2n) is 5.78. The van der Waals surface area contributed by atoms with Crippen molar-refractivity contribution < 1.29 is 60.9 Å². The first-order valence-electron chi connectivity index (χ1n) is 7.26. The minimum atomic E-state index is -0.360. The Labute approximate surface area is 179 Å².